The first kappa shape index (κ1) is 40.4. The molecule has 4 aromatic rings. The topological polar surface area (TPSA) is 109 Å². The molecule has 4 amide bonds. The van der Waals surface area contributed by atoms with E-state index in [4.69, 9.17) is 14.2 Å². The summed E-state index contributed by atoms with van der Waals surface area (Å²) < 4.78 is 17.2. The summed E-state index contributed by atoms with van der Waals surface area (Å²) in [5, 5.41) is 7.36. The van der Waals surface area contributed by atoms with Crippen LogP contribution in [-0.4, -0.2) is 113 Å². The molecule has 0 spiro atoms. The fraction of sp³-hybridized carbons (Fsp3) is 0.535. The van der Waals surface area contributed by atoms with Gasteiger partial charge in [0.1, 0.15) is 16.8 Å². The van der Waals surface area contributed by atoms with Gasteiger partial charge in [0.2, 0.25) is 5.91 Å². The van der Waals surface area contributed by atoms with Crippen molar-refractivity contribution in [3.63, 3.8) is 0 Å². The van der Waals surface area contributed by atoms with Crippen LogP contribution >= 0.6 is 0 Å². The molecule has 0 atom stereocenters. The van der Waals surface area contributed by atoms with Gasteiger partial charge in [-0.15, -0.1) is 0 Å². The molecule has 0 unspecified atom stereocenters. The second kappa shape index (κ2) is 16.3. The van der Waals surface area contributed by atoms with Crippen LogP contribution in [0.1, 0.15) is 80.7 Å². The Hall–Kier alpha value is -4.80. The highest BCUT2D eigenvalue weighted by molar-refractivity contribution is 6.23. The van der Waals surface area contributed by atoms with Gasteiger partial charge in [0.25, 0.3) is 0 Å². The Kier molecular flexibility index (Phi) is 12.2. The van der Waals surface area contributed by atoms with Crippen LogP contribution in [0.3, 0.4) is 0 Å². The van der Waals surface area contributed by atoms with Gasteiger partial charge in [-0.25, -0.2) is 14.4 Å². The van der Waals surface area contributed by atoms with Gasteiger partial charge in [0.15, 0.2) is 0 Å². The van der Waals surface area contributed by atoms with Gasteiger partial charge >= 0.3 is 18.3 Å². The zero-order chi connectivity index (χ0) is 39.4. The molecule has 292 valence electrons. The molecule has 0 saturated carbocycles. The molecule has 11 nitrogen and oxygen atoms in total. The van der Waals surface area contributed by atoms with Gasteiger partial charge in [0, 0.05) is 58.8 Å². The predicted molar refractivity (Wildman–Crippen MR) is 213 cm³/mol. The van der Waals surface area contributed by atoms with Crippen molar-refractivity contribution in [2.45, 2.75) is 98.4 Å². The zero-order valence-electron chi connectivity index (χ0n) is 33.6. The molecule has 0 aromatic heterocycles. The number of hydrogen-bond donors (Lipinski definition) is 0. The van der Waals surface area contributed by atoms with Crippen LogP contribution in [0, 0.1) is 0 Å². The van der Waals surface area contributed by atoms with E-state index >= 15 is 0 Å². The van der Waals surface area contributed by atoms with E-state index in [1.54, 1.807) is 77.0 Å². The van der Waals surface area contributed by atoms with Crippen molar-refractivity contribution < 1.29 is 33.4 Å². The van der Waals surface area contributed by atoms with E-state index in [1.807, 2.05) is 0 Å². The third kappa shape index (κ3) is 10.7. The molecule has 0 bridgehead atoms. The van der Waals surface area contributed by atoms with Crippen LogP contribution in [0.25, 0.3) is 32.3 Å². The lowest BCUT2D eigenvalue weighted by Gasteiger charge is -2.36. The first-order valence-corrected chi connectivity index (χ1v) is 19.1. The first-order valence-electron chi connectivity index (χ1n) is 19.1. The summed E-state index contributed by atoms with van der Waals surface area (Å²) in [6.45, 7) is 17.6. The monoisotopic (exact) mass is 742 g/mol. The lowest BCUT2D eigenvalue weighted by atomic mass is 9.90. The van der Waals surface area contributed by atoms with Gasteiger partial charge in [-0.3, -0.25) is 4.79 Å². The summed E-state index contributed by atoms with van der Waals surface area (Å²) in [5.41, 5.74) is -1.01. The number of carbonyl (C=O) groups excluding carboxylic acids is 4. The minimum Gasteiger partial charge on any atom is -0.444 e. The number of ether oxygens (including phenoxy) is 3. The Bertz CT molecular complexity index is 1900. The molecule has 1 fully saturated rings. The van der Waals surface area contributed by atoms with Crippen LogP contribution in [-0.2, 0) is 25.4 Å². The summed E-state index contributed by atoms with van der Waals surface area (Å²) >= 11 is 0. The number of aryl methyl sites for hydroxylation is 1. The minimum absolute atomic E-state index is 0.0616. The summed E-state index contributed by atoms with van der Waals surface area (Å²) in [4.78, 5) is 60.6. The lowest BCUT2D eigenvalue weighted by molar-refractivity contribution is -0.131. The Morgan fingerprint density at radius 3 is 1.30 bits per heavy atom. The zero-order valence-corrected chi connectivity index (χ0v) is 33.6. The van der Waals surface area contributed by atoms with Crippen molar-refractivity contribution in [1.29, 1.82) is 0 Å². The van der Waals surface area contributed by atoms with E-state index in [0.29, 0.717) is 12.8 Å². The van der Waals surface area contributed by atoms with Crippen LogP contribution in [0.5, 0.6) is 0 Å². The average Bonchev–Trinajstić information content (AvgIpc) is 3.05. The minimum atomic E-state index is -0.739. The van der Waals surface area contributed by atoms with Crippen molar-refractivity contribution in [3.8, 4) is 0 Å². The molecule has 1 heterocycles. The van der Waals surface area contributed by atoms with Crippen LogP contribution < -0.4 is 0 Å². The average molecular weight is 743 g/mol. The Labute approximate surface area is 319 Å². The molecular weight excluding hydrogens is 684 g/mol. The maximum atomic E-state index is 14.0. The largest absolute Gasteiger partial charge is 0.444 e. The van der Waals surface area contributed by atoms with E-state index in [0.717, 1.165) is 6.42 Å². The number of nitrogens with zero attached hydrogens (tertiary/aromatic N) is 4. The molecule has 54 heavy (non-hydrogen) atoms. The van der Waals surface area contributed by atoms with Crippen LogP contribution in [0.15, 0.2) is 54.6 Å². The highest BCUT2D eigenvalue weighted by Gasteiger charge is 2.30. The molecule has 4 aromatic carbocycles. The summed E-state index contributed by atoms with van der Waals surface area (Å²) in [7, 11) is 0. The van der Waals surface area contributed by atoms with Gasteiger partial charge in [0.05, 0.1) is 0 Å². The Morgan fingerprint density at radius 1 is 0.500 bits per heavy atom. The van der Waals surface area contributed by atoms with E-state index < -0.39 is 35.1 Å². The van der Waals surface area contributed by atoms with Crippen molar-refractivity contribution >= 4 is 56.5 Å². The molecule has 1 aliphatic rings. The van der Waals surface area contributed by atoms with Gasteiger partial charge in [-0.1, -0.05) is 54.6 Å². The molecular formula is C43H58N4O7. The molecule has 1 saturated heterocycles. The fourth-order valence-corrected chi connectivity index (χ4v) is 6.79. The van der Waals surface area contributed by atoms with E-state index in [2.05, 4.69) is 54.6 Å². The van der Waals surface area contributed by atoms with Gasteiger partial charge in [-0.2, -0.15) is 0 Å². The van der Waals surface area contributed by atoms with Crippen molar-refractivity contribution in [2.75, 3.05) is 52.4 Å². The number of hydrogen-bond acceptors (Lipinski definition) is 7. The highest BCUT2D eigenvalue weighted by Crippen LogP contribution is 2.36. The smallest absolute Gasteiger partial charge is 0.410 e. The SMILES string of the molecule is CC(C)(C)OC(=O)N1CCN(C(=O)CCCc2ccc3ccc4cccc5ccc2c3c45)CCN(C(=O)OC(C)(C)C)CCN(C(=O)OC(C)(C)C)CC1. The van der Waals surface area contributed by atoms with Crippen molar-refractivity contribution in [1.82, 2.24) is 19.6 Å². The standard InChI is InChI=1S/C43H58N4O7/c1-41(2,3)52-38(49)45-24-22-44(23-25-46(39(50)53-42(4,5)6)27-29-47(28-26-45)40(51)54-43(7,8)9)35(48)15-11-12-30-16-17-33-19-18-31-13-10-14-32-20-21-34(30)37(33)36(31)32/h10,13-14,16-21H,11-12,15,22-29H2,1-9H3. The predicted octanol–water partition coefficient (Wildman–Crippen LogP) is 8.46. The molecule has 5 rings (SSSR count). The van der Waals surface area contributed by atoms with Gasteiger partial charge in [-0.05, 0) is 113 Å². The second-order valence-corrected chi connectivity index (χ2v) is 17.2. The maximum absolute atomic E-state index is 14.0. The van der Waals surface area contributed by atoms with E-state index in [9.17, 15) is 19.2 Å². The molecule has 11 heteroatoms. The highest BCUT2D eigenvalue weighted by atomic mass is 16.6. The fourth-order valence-electron chi connectivity index (χ4n) is 6.79. The van der Waals surface area contributed by atoms with E-state index in [1.165, 1.54) is 42.8 Å². The lowest BCUT2D eigenvalue weighted by Crippen LogP contribution is -2.52. The van der Waals surface area contributed by atoms with E-state index in [-0.39, 0.29) is 58.3 Å². The number of rotatable bonds is 4. The molecule has 0 N–H and O–H groups in total. The van der Waals surface area contributed by atoms with Crippen molar-refractivity contribution in [3.05, 3.63) is 60.2 Å². The third-order valence-corrected chi connectivity index (χ3v) is 9.32. The van der Waals surface area contributed by atoms with Crippen LogP contribution in [0.4, 0.5) is 14.4 Å². The van der Waals surface area contributed by atoms with Crippen LogP contribution in [0.2, 0.25) is 0 Å². The molecule has 0 radical (unpaired) electrons. The number of benzene rings is 4. The number of amides is 4. The Morgan fingerprint density at radius 2 is 0.870 bits per heavy atom. The molecule has 0 aliphatic carbocycles. The quantitative estimate of drug-likeness (QED) is 0.153. The molecule has 1 aliphatic heterocycles. The second-order valence-electron chi connectivity index (χ2n) is 17.2. The van der Waals surface area contributed by atoms with Gasteiger partial charge < -0.3 is 33.8 Å². The Balaban J connectivity index is 1.35. The summed E-state index contributed by atoms with van der Waals surface area (Å²) in [5.74, 6) is -0.0616. The summed E-state index contributed by atoms with van der Waals surface area (Å²) in [6.07, 6.45) is 0.0565. The third-order valence-electron chi connectivity index (χ3n) is 9.32. The summed E-state index contributed by atoms with van der Waals surface area (Å²) in [6, 6.07) is 19.4. The normalized spacial score (nSPS) is 15.6. The number of carbonyl (C=O) groups is 4. The maximum Gasteiger partial charge on any atom is 0.410 e. The van der Waals surface area contributed by atoms with Crippen molar-refractivity contribution in [2.24, 2.45) is 0 Å². The first-order chi connectivity index (χ1) is 25.3.